The third-order valence-corrected chi connectivity index (χ3v) is 4.10. The zero-order chi connectivity index (χ0) is 11.9. The fourth-order valence-electron chi connectivity index (χ4n) is 3.08. The summed E-state index contributed by atoms with van der Waals surface area (Å²) < 4.78 is 0. The summed E-state index contributed by atoms with van der Waals surface area (Å²) in [4.78, 5) is 11.1. The van der Waals surface area contributed by atoms with Crippen LogP contribution < -0.4 is 5.32 Å². The van der Waals surface area contributed by atoms with E-state index in [1.807, 2.05) is 6.92 Å². The van der Waals surface area contributed by atoms with Gasteiger partial charge in [0.25, 0.3) is 0 Å². The highest BCUT2D eigenvalue weighted by atomic mass is 16.4. The lowest BCUT2D eigenvalue weighted by Crippen LogP contribution is -2.45. The van der Waals surface area contributed by atoms with Crippen LogP contribution in [0.5, 0.6) is 0 Å². The van der Waals surface area contributed by atoms with Crippen molar-refractivity contribution in [3.05, 3.63) is 0 Å². The van der Waals surface area contributed by atoms with Gasteiger partial charge < -0.3 is 20.5 Å². The van der Waals surface area contributed by atoms with Crippen LogP contribution in [0.15, 0.2) is 0 Å². The Balaban J connectivity index is 1.95. The van der Waals surface area contributed by atoms with Crippen LogP contribution in [0.25, 0.3) is 0 Å². The van der Waals surface area contributed by atoms with E-state index in [0.29, 0.717) is 24.7 Å². The molecule has 2 rings (SSSR count). The molecule has 6 heteroatoms. The maximum absolute atomic E-state index is 11.1. The summed E-state index contributed by atoms with van der Waals surface area (Å²) in [5.41, 5.74) is -0.231. The summed E-state index contributed by atoms with van der Waals surface area (Å²) in [5.74, 6) is -0.344. The van der Waals surface area contributed by atoms with E-state index in [4.69, 9.17) is 15.2 Å². The quantitative estimate of drug-likeness (QED) is 0.484. The van der Waals surface area contributed by atoms with Crippen molar-refractivity contribution in [2.45, 2.75) is 44.6 Å². The van der Waals surface area contributed by atoms with Crippen molar-refractivity contribution in [3.8, 4) is 0 Å². The molecule has 1 saturated carbocycles. The fraction of sp³-hybridized carbons (Fsp3) is 0.900. The number of piperidine rings is 1. The lowest BCUT2D eigenvalue weighted by atomic mass is 9.72. The van der Waals surface area contributed by atoms with Crippen LogP contribution in [-0.4, -0.2) is 40.3 Å². The van der Waals surface area contributed by atoms with Crippen LogP contribution in [0.4, 0.5) is 0 Å². The first-order valence-electron chi connectivity index (χ1n) is 5.80. The molecule has 1 saturated heterocycles. The van der Waals surface area contributed by atoms with Gasteiger partial charge in [0.2, 0.25) is 0 Å². The van der Waals surface area contributed by atoms with Crippen LogP contribution in [0, 0.1) is 11.3 Å². The number of fused-ring (bicyclic) bond motifs is 1. The van der Waals surface area contributed by atoms with Gasteiger partial charge in [-0.2, -0.15) is 0 Å². The Labute approximate surface area is 95.0 Å². The van der Waals surface area contributed by atoms with E-state index >= 15 is 0 Å². The first kappa shape index (κ1) is 11.9. The second-order valence-corrected chi connectivity index (χ2v) is 5.27. The van der Waals surface area contributed by atoms with Gasteiger partial charge in [0.1, 0.15) is 6.04 Å². The number of hydrogen-bond acceptors (Lipinski definition) is 4. The lowest BCUT2D eigenvalue weighted by Gasteiger charge is -2.31. The minimum Gasteiger partial charge on any atom is -0.480 e. The SMILES string of the molecule is C[C@]1(CCCB(O)O)[C@@H](C(=O)O)N[C@H]2C[C@H]21. The van der Waals surface area contributed by atoms with E-state index in [9.17, 15) is 4.79 Å². The molecule has 5 nitrogen and oxygen atoms in total. The molecule has 0 aromatic rings. The van der Waals surface area contributed by atoms with Crippen LogP contribution >= 0.6 is 0 Å². The fourth-order valence-corrected chi connectivity index (χ4v) is 3.08. The molecular weight excluding hydrogens is 209 g/mol. The minimum atomic E-state index is -1.28. The van der Waals surface area contributed by atoms with Crippen molar-refractivity contribution in [1.82, 2.24) is 5.32 Å². The van der Waals surface area contributed by atoms with Crippen molar-refractivity contribution in [1.29, 1.82) is 0 Å². The Bertz CT molecular complexity index is 299. The van der Waals surface area contributed by atoms with Gasteiger partial charge in [0, 0.05) is 6.04 Å². The average Bonchev–Trinajstić information content (AvgIpc) is 2.87. The van der Waals surface area contributed by atoms with Gasteiger partial charge in [-0.25, -0.2) is 0 Å². The normalized spacial score (nSPS) is 40.6. The maximum atomic E-state index is 11.1. The van der Waals surface area contributed by atoms with E-state index in [1.54, 1.807) is 0 Å². The molecule has 1 aliphatic heterocycles. The number of nitrogens with one attached hydrogen (secondary N) is 1. The molecule has 2 aliphatic rings. The predicted octanol–water partition coefficient (Wildman–Crippen LogP) is -0.309. The number of aliphatic carboxylic acids is 1. The number of carboxylic acids is 1. The highest BCUT2D eigenvalue weighted by Crippen LogP contribution is 2.56. The van der Waals surface area contributed by atoms with Crippen LogP contribution in [0.1, 0.15) is 26.2 Å². The Morgan fingerprint density at radius 1 is 1.56 bits per heavy atom. The molecule has 16 heavy (non-hydrogen) atoms. The van der Waals surface area contributed by atoms with Gasteiger partial charge in [-0.05, 0) is 30.5 Å². The molecule has 0 aromatic heterocycles. The number of rotatable bonds is 5. The standard InChI is InChI=1S/C10H18BNO4/c1-10(3-2-4-11(15)16)6-5-7(6)12-8(10)9(13)14/h6-8,12,15-16H,2-5H2,1H3,(H,13,14)/t6-,7+,8-,10-/m1/s1. The van der Waals surface area contributed by atoms with Gasteiger partial charge in [-0.1, -0.05) is 13.3 Å². The summed E-state index contributed by atoms with van der Waals surface area (Å²) in [7, 11) is -1.28. The molecule has 0 bridgehead atoms. The molecule has 2 fully saturated rings. The van der Waals surface area contributed by atoms with Gasteiger partial charge in [0.05, 0.1) is 0 Å². The number of carbonyl (C=O) groups is 1. The first-order valence-corrected chi connectivity index (χ1v) is 5.80. The second kappa shape index (κ2) is 4.02. The van der Waals surface area contributed by atoms with Crippen molar-refractivity contribution in [2.75, 3.05) is 0 Å². The first-order chi connectivity index (χ1) is 7.45. The topological polar surface area (TPSA) is 89.8 Å². The van der Waals surface area contributed by atoms with Crippen molar-refractivity contribution < 1.29 is 19.9 Å². The summed E-state index contributed by atoms with van der Waals surface area (Å²) >= 11 is 0. The Morgan fingerprint density at radius 3 is 2.81 bits per heavy atom. The van der Waals surface area contributed by atoms with Crippen LogP contribution in [-0.2, 0) is 4.79 Å². The molecule has 90 valence electrons. The largest absolute Gasteiger partial charge is 0.480 e. The smallest absolute Gasteiger partial charge is 0.451 e. The van der Waals surface area contributed by atoms with E-state index in [-0.39, 0.29) is 5.41 Å². The van der Waals surface area contributed by atoms with Crippen molar-refractivity contribution in [3.63, 3.8) is 0 Å². The zero-order valence-corrected chi connectivity index (χ0v) is 9.39. The average molecular weight is 227 g/mol. The monoisotopic (exact) mass is 227 g/mol. The summed E-state index contributed by atoms with van der Waals surface area (Å²) in [6.45, 7) is 2.00. The van der Waals surface area contributed by atoms with E-state index in [1.165, 1.54) is 0 Å². The number of carboxylic acid groups (broad SMARTS) is 1. The molecular formula is C10H18BNO4. The zero-order valence-electron chi connectivity index (χ0n) is 9.39. The summed E-state index contributed by atoms with van der Waals surface area (Å²) in [6, 6.07) is -0.114. The highest BCUT2D eigenvalue weighted by molar-refractivity contribution is 6.40. The molecule has 0 amide bonds. The molecule has 0 aromatic carbocycles. The van der Waals surface area contributed by atoms with Gasteiger partial charge in [-0.15, -0.1) is 0 Å². The van der Waals surface area contributed by atoms with Gasteiger partial charge in [-0.3, -0.25) is 4.79 Å². The molecule has 4 atom stereocenters. The predicted molar refractivity (Wildman–Crippen MR) is 58.8 cm³/mol. The van der Waals surface area contributed by atoms with Crippen LogP contribution in [0.3, 0.4) is 0 Å². The summed E-state index contributed by atoms with van der Waals surface area (Å²) in [6.07, 6.45) is 2.76. The molecule has 4 N–H and O–H groups in total. The molecule has 0 unspecified atom stereocenters. The van der Waals surface area contributed by atoms with Crippen molar-refractivity contribution in [2.24, 2.45) is 11.3 Å². The molecule has 0 radical (unpaired) electrons. The lowest BCUT2D eigenvalue weighted by molar-refractivity contribution is -0.142. The van der Waals surface area contributed by atoms with Gasteiger partial charge >= 0.3 is 13.1 Å². The second-order valence-electron chi connectivity index (χ2n) is 5.27. The van der Waals surface area contributed by atoms with E-state index in [0.717, 1.165) is 12.8 Å². The maximum Gasteiger partial charge on any atom is 0.451 e. The minimum absolute atomic E-state index is 0.231. The van der Waals surface area contributed by atoms with Gasteiger partial charge in [0.15, 0.2) is 0 Å². The van der Waals surface area contributed by atoms with Crippen LogP contribution in [0.2, 0.25) is 6.32 Å². The van der Waals surface area contributed by atoms with Crippen molar-refractivity contribution >= 4 is 13.1 Å². The van der Waals surface area contributed by atoms with E-state index < -0.39 is 19.1 Å². The third kappa shape index (κ3) is 1.97. The molecule has 1 heterocycles. The third-order valence-electron chi connectivity index (χ3n) is 4.10. The Morgan fingerprint density at radius 2 is 2.25 bits per heavy atom. The van der Waals surface area contributed by atoms with E-state index in [2.05, 4.69) is 5.32 Å². The summed E-state index contributed by atoms with van der Waals surface area (Å²) in [5, 5.41) is 29.8. The molecule has 1 aliphatic carbocycles. The Kier molecular flexibility index (Phi) is 2.98. The number of hydrogen-bond donors (Lipinski definition) is 4. The Hall–Kier alpha value is -0.585. The molecule has 0 spiro atoms. The highest BCUT2D eigenvalue weighted by Gasteiger charge is 2.62.